The highest BCUT2D eigenvalue weighted by atomic mass is 31.2. The Balaban J connectivity index is 5.36. The van der Waals surface area contributed by atoms with Crippen LogP contribution < -0.4 is 0 Å². The van der Waals surface area contributed by atoms with Gasteiger partial charge in [0.2, 0.25) is 0 Å². The molecule has 0 spiro atoms. The van der Waals surface area contributed by atoms with E-state index in [1.807, 2.05) is 18.2 Å². The molecular formula is C79H138O17P2. The molecule has 0 heterocycles. The number of phosphoric acid groups is 2. The Morgan fingerprint density at radius 3 is 0.898 bits per heavy atom. The van der Waals surface area contributed by atoms with E-state index in [1.54, 1.807) is 0 Å². The molecule has 19 heteroatoms. The lowest BCUT2D eigenvalue weighted by Crippen LogP contribution is -2.30. The van der Waals surface area contributed by atoms with Crippen molar-refractivity contribution in [3.8, 4) is 0 Å². The zero-order chi connectivity index (χ0) is 71.8. The van der Waals surface area contributed by atoms with E-state index in [0.717, 1.165) is 128 Å². The second-order valence-electron chi connectivity index (χ2n) is 25.6. The summed E-state index contributed by atoms with van der Waals surface area (Å²) in [6.45, 7) is 4.65. The van der Waals surface area contributed by atoms with Crippen LogP contribution >= 0.6 is 15.6 Å². The van der Waals surface area contributed by atoms with Gasteiger partial charge in [0, 0.05) is 25.7 Å². The fourth-order valence-corrected chi connectivity index (χ4v) is 11.8. The molecule has 0 rings (SSSR count). The van der Waals surface area contributed by atoms with Gasteiger partial charge in [0.05, 0.1) is 26.4 Å². The molecule has 0 aliphatic heterocycles. The summed E-state index contributed by atoms with van der Waals surface area (Å²) in [5.74, 6) is -2.27. The monoisotopic (exact) mass is 1420 g/mol. The van der Waals surface area contributed by atoms with E-state index in [4.69, 9.17) is 37.0 Å². The maximum absolute atomic E-state index is 13.1. The first-order valence-corrected chi connectivity index (χ1v) is 41.5. The summed E-state index contributed by atoms with van der Waals surface area (Å²) in [6.07, 6.45) is 74.1. The Morgan fingerprint density at radius 2 is 0.551 bits per heavy atom. The number of rotatable bonds is 72. The molecule has 0 fully saturated rings. The van der Waals surface area contributed by atoms with E-state index >= 15 is 0 Å². The highest BCUT2D eigenvalue weighted by molar-refractivity contribution is 7.47. The number of unbranched alkanes of at least 4 members (excludes halogenated alkanes) is 30. The van der Waals surface area contributed by atoms with Crippen molar-refractivity contribution in [1.29, 1.82) is 0 Å². The topological polar surface area (TPSA) is 237 Å². The van der Waals surface area contributed by atoms with Crippen molar-refractivity contribution in [3.63, 3.8) is 0 Å². The van der Waals surface area contributed by atoms with Gasteiger partial charge in [-0.1, -0.05) is 298 Å². The van der Waals surface area contributed by atoms with Crippen molar-refractivity contribution >= 4 is 39.5 Å². The van der Waals surface area contributed by atoms with E-state index in [2.05, 4.69) is 107 Å². The molecule has 0 aliphatic rings. The Morgan fingerprint density at radius 1 is 0.296 bits per heavy atom. The van der Waals surface area contributed by atoms with Crippen molar-refractivity contribution in [2.24, 2.45) is 0 Å². The van der Waals surface area contributed by atoms with Crippen LogP contribution in [0.15, 0.2) is 97.2 Å². The third-order valence-electron chi connectivity index (χ3n) is 16.1. The molecule has 0 bridgehead atoms. The molecule has 0 aromatic rings. The SMILES string of the molecule is CC/C=C\C/C=C\C/C=C\C/C=C\C/C=C\C/C=C\CCC(=O)OCC(COP(=O)(O)OCC(O)COP(=O)(O)OCC(COC(=O)CCCCCCC/C=C\C/C=C\CCCCC)OC(=O)CCCCCCCCCCCCCCC)OC(=O)CCCCCCCCCCCCC. The second kappa shape index (κ2) is 71.4. The Hall–Kier alpha value is -4.02. The zero-order valence-electron chi connectivity index (χ0n) is 61.7. The average molecular weight is 1420 g/mol. The van der Waals surface area contributed by atoms with Crippen molar-refractivity contribution < 1.29 is 80.2 Å². The van der Waals surface area contributed by atoms with Gasteiger partial charge in [-0.05, 0) is 96.3 Å². The molecule has 0 aliphatic carbocycles. The molecule has 566 valence electrons. The number of hydrogen-bond acceptors (Lipinski definition) is 15. The summed E-state index contributed by atoms with van der Waals surface area (Å²) in [4.78, 5) is 72.8. The summed E-state index contributed by atoms with van der Waals surface area (Å²) < 4.78 is 68.4. The number of aliphatic hydroxyl groups is 1. The summed E-state index contributed by atoms with van der Waals surface area (Å²) in [7, 11) is -9.96. The normalized spacial score (nSPS) is 14.5. The lowest BCUT2D eigenvalue weighted by Gasteiger charge is -2.21. The molecule has 98 heavy (non-hydrogen) atoms. The molecule has 0 saturated carbocycles. The van der Waals surface area contributed by atoms with Crippen molar-refractivity contribution in [1.82, 2.24) is 0 Å². The number of carbonyl (C=O) groups is 4. The highest BCUT2D eigenvalue weighted by Crippen LogP contribution is 2.45. The fourth-order valence-electron chi connectivity index (χ4n) is 10.2. The number of allylic oxidation sites excluding steroid dienone is 16. The number of aliphatic hydroxyl groups excluding tert-OH is 1. The summed E-state index contributed by atoms with van der Waals surface area (Å²) in [5, 5.41) is 10.6. The van der Waals surface area contributed by atoms with Crippen LogP contribution in [0.3, 0.4) is 0 Å². The van der Waals surface area contributed by atoms with Gasteiger partial charge >= 0.3 is 39.5 Å². The van der Waals surface area contributed by atoms with Crippen LogP contribution in [0.4, 0.5) is 0 Å². The fraction of sp³-hybridized carbons (Fsp3) is 0.747. The second-order valence-corrected chi connectivity index (χ2v) is 28.5. The maximum Gasteiger partial charge on any atom is 0.472 e. The van der Waals surface area contributed by atoms with Crippen molar-refractivity contribution in [2.75, 3.05) is 39.6 Å². The first kappa shape index (κ1) is 94.0. The first-order valence-electron chi connectivity index (χ1n) is 38.5. The minimum Gasteiger partial charge on any atom is -0.462 e. The number of hydrogen-bond donors (Lipinski definition) is 3. The van der Waals surface area contributed by atoms with E-state index in [9.17, 15) is 43.2 Å². The van der Waals surface area contributed by atoms with Crippen LogP contribution in [0.1, 0.15) is 323 Å². The van der Waals surface area contributed by atoms with Gasteiger partial charge in [-0.15, -0.1) is 0 Å². The molecular weight excluding hydrogens is 1280 g/mol. The third kappa shape index (κ3) is 70.4. The number of phosphoric ester groups is 2. The van der Waals surface area contributed by atoms with Crippen LogP contribution in [0.25, 0.3) is 0 Å². The lowest BCUT2D eigenvalue weighted by molar-refractivity contribution is -0.161. The standard InChI is InChI=1S/C79H138O17P2/c1-5-9-13-17-21-25-29-32-34-35-36-37-39-42-45-48-52-56-60-64-77(82)89-69-74(95-78(83)65-61-57-53-49-43-28-24-20-16-12-8-4)71-93-97(85,86)91-67-73(80)68-92-98(87,88)94-72-75(96-79(84)66-62-58-54-50-46-40-31-27-23-19-15-11-7-3)70-90-76(81)63-59-55-51-47-44-41-38-33-30-26-22-18-14-10-6-2/h9,13,21-22,25-26,32-34,36-38,42,45,52,56,73-75,80H,5-8,10-12,14-20,23-24,27-31,35,39-41,43-44,46-51,53-55,57-72H2,1-4H3,(H,85,86)(H,87,88)/b13-9-,25-21-,26-22-,34-32-,37-36-,38-33-,45-42-,56-52-. The van der Waals surface area contributed by atoms with Gasteiger partial charge in [-0.25, -0.2) is 9.13 Å². The van der Waals surface area contributed by atoms with Crippen LogP contribution in [0.2, 0.25) is 0 Å². The van der Waals surface area contributed by atoms with Crippen LogP contribution in [0.5, 0.6) is 0 Å². The van der Waals surface area contributed by atoms with Crippen LogP contribution in [-0.2, 0) is 65.4 Å². The van der Waals surface area contributed by atoms with Gasteiger partial charge in [0.25, 0.3) is 0 Å². The molecule has 0 radical (unpaired) electrons. The predicted octanol–water partition coefficient (Wildman–Crippen LogP) is 22.0. The van der Waals surface area contributed by atoms with Gasteiger partial charge < -0.3 is 33.8 Å². The van der Waals surface area contributed by atoms with E-state index in [0.29, 0.717) is 32.1 Å². The molecule has 0 amide bonds. The summed E-state index contributed by atoms with van der Waals surface area (Å²) >= 11 is 0. The van der Waals surface area contributed by atoms with E-state index < -0.39 is 97.5 Å². The zero-order valence-corrected chi connectivity index (χ0v) is 63.5. The maximum atomic E-state index is 13.1. The average Bonchev–Trinajstić information content (AvgIpc) is 1.00. The lowest BCUT2D eigenvalue weighted by atomic mass is 10.0. The minimum atomic E-state index is -4.98. The molecule has 0 saturated heterocycles. The largest absolute Gasteiger partial charge is 0.472 e. The molecule has 0 aromatic heterocycles. The van der Waals surface area contributed by atoms with E-state index in [-0.39, 0.29) is 25.7 Å². The third-order valence-corrected chi connectivity index (χ3v) is 18.0. The van der Waals surface area contributed by atoms with Crippen LogP contribution in [-0.4, -0.2) is 96.7 Å². The number of ether oxygens (including phenoxy) is 4. The smallest absolute Gasteiger partial charge is 0.462 e. The Bertz CT molecular complexity index is 2240. The van der Waals surface area contributed by atoms with Gasteiger partial charge in [-0.3, -0.25) is 37.3 Å². The molecule has 17 nitrogen and oxygen atoms in total. The van der Waals surface area contributed by atoms with Crippen LogP contribution in [0, 0.1) is 0 Å². The minimum absolute atomic E-state index is 0.0379. The number of esters is 4. The van der Waals surface area contributed by atoms with Crippen molar-refractivity contribution in [3.05, 3.63) is 97.2 Å². The summed E-state index contributed by atoms with van der Waals surface area (Å²) in [6, 6.07) is 0. The quantitative estimate of drug-likeness (QED) is 0.0169. The van der Waals surface area contributed by atoms with Gasteiger partial charge in [0.1, 0.15) is 19.3 Å². The first-order chi connectivity index (χ1) is 47.7. The van der Waals surface area contributed by atoms with Gasteiger partial charge in [0.15, 0.2) is 12.2 Å². The van der Waals surface area contributed by atoms with E-state index in [1.165, 1.54) is 109 Å². The van der Waals surface area contributed by atoms with Gasteiger partial charge in [-0.2, -0.15) is 0 Å². The summed E-state index contributed by atoms with van der Waals surface area (Å²) in [5.41, 5.74) is 0. The predicted molar refractivity (Wildman–Crippen MR) is 399 cm³/mol. The highest BCUT2D eigenvalue weighted by Gasteiger charge is 2.30. The Labute approximate surface area is 595 Å². The molecule has 3 N–H and O–H groups in total. The molecule has 5 atom stereocenters. The molecule has 5 unspecified atom stereocenters. The molecule has 0 aromatic carbocycles. The Kier molecular flexibility index (Phi) is 68.4. The van der Waals surface area contributed by atoms with Crippen molar-refractivity contribution in [2.45, 2.75) is 341 Å². The number of carbonyl (C=O) groups excluding carboxylic acids is 4.